The topological polar surface area (TPSA) is 41.1 Å². The number of nitrogens with one attached hydrogen (secondary N) is 2. The summed E-state index contributed by atoms with van der Waals surface area (Å²) in [6, 6.07) is 0.240. The number of amides is 1. The summed E-state index contributed by atoms with van der Waals surface area (Å²) in [7, 11) is 0. The molecule has 3 nitrogen and oxygen atoms in total. The number of hydrogen-bond donors (Lipinski definition) is 2. The maximum absolute atomic E-state index is 11.1. The Bertz CT molecular complexity index is 194. The van der Waals surface area contributed by atoms with E-state index in [4.69, 9.17) is 6.42 Å². The van der Waals surface area contributed by atoms with Gasteiger partial charge in [-0.3, -0.25) is 4.79 Å². The van der Waals surface area contributed by atoms with Gasteiger partial charge in [0.15, 0.2) is 0 Å². The van der Waals surface area contributed by atoms with E-state index < -0.39 is 0 Å². The lowest BCUT2D eigenvalue weighted by atomic mass is 10.3. The molecule has 0 heterocycles. The summed E-state index contributed by atoms with van der Waals surface area (Å²) < 4.78 is 0. The fourth-order valence-corrected chi connectivity index (χ4v) is 0.830. The third-order valence-corrected chi connectivity index (χ3v) is 1.53. The Labute approximate surface area is 80.3 Å². The summed E-state index contributed by atoms with van der Waals surface area (Å²) in [6.07, 6.45) is 5.59. The molecule has 1 amide bonds. The van der Waals surface area contributed by atoms with Gasteiger partial charge in [-0.15, -0.1) is 6.42 Å². The predicted octanol–water partition coefficient (Wildman–Crippen LogP) is 0.512. The molecule has 0 aliphatic rings. The van der Waals surface area contributed by atoms with Crippen LogP contribution in [0.3, 0.4) is 0 Å². The van der Waals surface area contributed by atoms with Crippen LogP contribution in [0, 0.1) is 12.3 Å². The van der Waals surface area contributed by atoms with Gasteiger partial charge < -0.3 is 10.6 Å². The second-order valence-electron chi connectivity index (χ2n) is 3.31. The van der Waals surface area contributed by atoms with Crippen molar-refractivity contribution in [1.29, 1.82) is 0 Å². The van der Waals surface area contributed by atoms with Gasteiger partial charge in [0.05, 0.1) is 6.04 Å². The highest BCUT2D eigenvalue weighted by Crippen LogP contribution is 1.84. The molecule has 0 saturated heterocycles. The van der Waals surface area contributed by atoms with Crippen molar-refractivity contribution in [2.75, 3.05) is 6.54 Å². The standard InChI is InChI=1S/C10H18N2O/c1-5-9(4)12-10(13)6-7-11-8(2)3/h1,8-9,11H,6-7H2,2-4H3,(H,12,13). The Morgan fingerprint density at radius 1 is 1.46 bits per heavy atom. The molecular weight excluding hydrogens is 164 g/mol. The molecule has 0 fully saturated rings. The highest BCUT2D eigenvalue weighted by molar-refractivity contribution is 5.76. The molecule has 0 aromatic rings. The van der Waals surface area contributed by atoms with E-state index in [-0.39, 0.29) is 11.9 Å². The lowest BCUT2D eigenvalue weighted by Gasteiger charge is -2.09. The minimum absolute atomic E-state index is 0.00130. The Morgan fingerprint density at radius 2 is 2.08 bits per heavy atom. The van der Waals surface area contributed by atoms with E-state index in [1.165, 1.54) is 0 Å². The van der Waals surface area contributed by atoms with Gasteiger partial charge in [0.2, 0.25) is 5.91 Å². The molecule has 3 heteroatoms. The van der Waals surface area contributed by atoms with Crippen molar-refractivity contribution in [2.45, 2.75) is 39.3 Å². The van der Waals surface area contributed by atoms with Gasteiger partial charge in [-0.25, -0.2) is 0 Å². The molecule has 74 valence electrons. The Hall–Kier alpha value is -1.01. The highest BCUT2D eigenvalue weighted by Gasteiger charge is 2.03. The van der Waals surface area contributed by atoms with Crippen LogP contribution < -0.4 is 10.6 Å². The van der Waals surface area contributed by atoms with Crippen LogP contribution in [0.5, 0.6) is 0 Å². The van der Waals surface area contributed by atoms with Gasteiger partial charge in [-0.2, -0.15) is 0 Å². The van der Waals surface area contributed by atoms with Gasteiger partial charge in [-0.05, 0) is 6.92 Å². The Kier molecular flexibility index (Phi) is 5.99. The molecule has 1 atom stereocenters. The van der Waals surface area contributed by atoms with Crippen LogP contribution in [-0.2, 0) is 4.79 Å². The highest BCUT2D eigenvalue weighted by atomic mass is 16.1. The third-order valence-electron chi connectivity index (χ3n) is 1.53. The molecule has 0 aromatic carbocycles. The van der Waals surface area contributed by atoms with Crippen molar-refractivity contribution in [3.8, 4) is 12.3 Å². The predicted molar refractivity (Wildman–Crippen MR) is 54.2 cm³/mol. The first kappa shape index (κ1) is 12.0. The summed E-state index contributed by atoms with van der Waals surface area (Å²) in [5.41, 5.74) is 0. The average molecular weight is 182 g/mol. The molecule has 0 rings (SSSR count). The van der Waals surface area contributed by atoms with E-state index in [0.717, 1.165) is 0 Å². The maximum Gasteiger partial charge on any atom is 0.222 e. The molecule has 13 heavy (non-hydrogen) atoms. The number of carbonyl (C=O) groups excluding carboxylic acids is 1. The van der Waals surface area contributed by atoms with Gasteiger partial charge in [0, 0.05) is 19.0 Å². The van der Waals surface area contributed by atoms with E-state index in [9.17, 15) is 4.79 Å². The van der Waals surface area contributed by atoms with Crippen molar-refractivity contribution >= 4 is 5.91 Å². The number of rotatable bonds is 5. The zero-order valence-corrected chi connectivity index (χ0v) is 8.55. The van der Waals surface area contributed by atoms with Gasteiger partial charge in [-0.1, -0.05) is 19.8 Å². The summed E-state index contributed by atoms with van der Waals surface area (Å²) in [5.74, 6) is 2.44. The van der Waals surface area contributed by atoms with E-state index in [1.807, 2.05) is 13.8 Å². The Balaban J connectivity index is 3.48. The van der Waals surface area contributed by atoms with Crippen LogP contribution in [0.2, 0.25) is 0 Å². The minimum Gasteiger partial charge on any atom is -0.343 e. The zero-order chi connectivity index (χ0) is 10.3. The van der Waals surface area contributed by atoms with Crippen LogP contribution in [-0.4, -0.2) is 24.5 Å². The SMILES string of the molecule is C#CC(C)NC(=O)CCNC(C)C. The van der Waals surface area contributed by atoms with Crippen molar-refractivity contribution in [3.63, 3.8) is 0 Å². The first-order valence-electron chi connectivity index (χ1n) is 4.55. The number of hydrogen-bond acceptors (Lipinski definition) is 2. The van der Waals surface area contributed by atoms with E-state index in [1.54, 1.807) is 6.92 Å². The molecule has 0 aliphatic carbocycles. The first-order valence-corrected chi connectivity index (χ1v) is 4.55. The quantitative estimate of drug-likeness (QED) is 0.608. The molecule has 0 aromatic heterocycles. The molecule has 1 unspecified atom stereocenters. The summed E-state index contributed by atoms with van der Waals surface area (Å²) in [4.78, 5) is 11.1. The van der Waals surface area contributed by atoms with E-state index in [2.05, 4.69) is 16.6 Å². The van der Waals surface area contributed by atoms with Crippen LogP contribution in [0.25, 0.3) is 0 Å². The van der Waals surface area contributed by atoms with Crippen LogP contribution in [0.4, 0.5) is 0 Å². The smallest absolute Gasteiger partial charge is 0.222 e. The van der Waals surface area contributed by atoms with Crippen molar-refractivity contribution in [2.24, 2.45) is 0 Å². The number of carbonyl (C=O) groups is 1. The maximum atomic E-state index is 11.1. The summed E-state index contributed by atoms with van der Waals surface area (Å²) in [6.45, 7) is 6.57. The normalized spacial score (nSPS) is 12.2. The molecule has 0 radical (unpaired) electrons. The van der Waals surface area contributed by atoms with Crippen LogP contribution >= 0.6 is 0 Å². The van der Waals surface area contributed by atoms with Gasteiger partial charge in [0.1, 0.15) is 0 Å². The number of terminal acetylenes is 1. The molecule has 2 N–H and O–H groups in total. The minimum atomic E-state index is -0.174. The third kappa shape index (κ3) is 7.35. The van der Waals surface area contributed by atoms with Gasteiger partial charge in [0.25, 0.3) is 0 Å². The molecule has 0 spiro atoms. The lowest BCUT2D eigenvalue weighted by Crippen LogP contribution is -2.34. The van der Waals surface area contributed by atoms with Crippen molar-refractivity contribution in [1.82, 2.24) is 10.6 Å². The second-order valence-corrected chi connectivity index (χ2v) is 3.31. The van der Waals surface area contributed by atoms with E-state index in [0.29, 0.717) is 19.0 Å². The summed E-state index contributed by atoms with van der Waals surface area (Å²) >= 11 is 0. The van der Waals surface area contributed by atoms with Crippen LogP contribution in [0.1, 0.15) is 27.2 Å². The molecule has 0 saturated carbocycles. The zero-order valence-electron chi connectivity index (χ0n) is 8.55. The fourth-order valence-electron chi connectivity index (χ4n) is 0.830. The molecule has 0 aliphatic heterocycles. The summed E-state index contributed by atoms with van der Waals surface area (Å²) in [5, 5.41) is 5.84. The lowest BCUT2D eigenvalue weighted by molar-refractivity contribution is -0.121. The molecule has 0 bridgehead atoms. The largest absolute Gasteiger partial charge is 0.343 e. The average Bonchev–Trinajstić information content (AvgIpc) is 2.03. The monoisotopic (exact) mass is 182 g/mol. The first-order chi connectivity index (χ1) is 6.06. The Morgan fingerprint density at radius 3 is 2.54 bits per heavy atom. The van der Waals surface area contributed by atoms with Crippen molar-refractivity contribution < 1.29 is 4.79 Å². The van der Waals surface area contributed by atoms with Crippen molar-refractivity contribution in [3.05, 3.63) is 0 Å². The fraction of sp³-hybridized carbons (Fsp3) is 0.700. The van der Waals surface area contributed by atoms with E-state index >= 15 is 0 Å². The van der Waals surface area contributed by atoms with Crippen LogP contribution in [0.15, 0.2) is 0 Å². The van der Waals surface area contributed by atoms with Gasteiger partial charge >= 0.3 is 0 Å². The molecular formula is C10H18N2O. The second kappa shape index (κ2) is 6.50.